The van der Waals surface area contributed by atoms with E-state index in [-0.39, 0.29) is 24.0 Å². The van der Waals surface area contributed by atoms with Gasteiger partial charge in [-0.3, -0.25) is 4.79 Å². The second-order valence-corrected chi connectivity index (χ2v) is 5.66. The standard InChI is InChI=1S/C14H28N2O2/c1-11(17)9-10-16(2)14(18)12-7-5-3-4-6-8-13(12)15/h11-13,17H,3-10,15H2,1-2H3. The Hall–Kier alpha value is -0.610. The third kappa shape index (κ3) is 4.94. The highest BCUT2D eigenvalue weighted by atomic mass is 16.3. The molecular weight excluding hydrogens is 228 g/mol. The maximum Gasteiger partial charge on any atom is 0.226 e. The number of aliphatic hydroxyl groups excluding tert-OH is 1. The molecular formula is C14H28N2O2. The van der Waals surface area contributed by atoms with Crippen LogP contribution in [-0.4, -0.2) is 41.7 Å². The molecule has 4 heteroatoms. The molecule has 1 rings (SSSR count). The molecule has 1 amide bonds. The molecule has 0 aromatic heterocycles. The van der Waals surface area contributed by atoms with E-state index in [0.717, 1.165) is 25.7 Å². The molecule has 1 aliphatic rings. The Labute approximate surface area is 111 Å². The van der Waals surface area contributed by atoms with Gasteiger partial charge in [0, 0.05) is 19.6 Å². The van der Waals surface area contributed by atoms with Crippen molar-refractivity contribution in [1.29, 1.82) is 0 Å². The molecule has 0 aromatic rings. The van der Waals surface area contributed by atoms with Crippen molar-refractivity contribution in [3.05, 3.63) is 0 Å². The van der Waals surface area contributed by atoms with E-state index in [1.807, 2.05) is 7.05 Å². The molecule has 0 saturated heterocycles. The minimum absolute atomic E-state index is 0.00630. The molecule has 1 saturated carbocycles. The average molecular weight is 256 g/mol. The van der Waals surface area contributed by atoms with Crippen molar-refractivity contribution in [2.24, 2.45) is 11.7 Å². The van der Waals surface area contributed by atoms with Crippen LogP contribution in [0.1, 0.15) is 51.9 Å². The summed E-state index contributed by atoms with van der Waals surface area (Å²) in [6, 6.07) is 0.00630. The van der Waals surface area contributed by atoms with E-state index in [2.05, 4.69) is 0 Å². The van der Waals surface area contributed by atoms with Gasteiger partial charge in [0.15, 0.2) is 0 Å². The number of hydrogen-bond acceptors (Lipinski definition) is 3. The molecule has 3 unspecified atom stereocenters. The Bertz CT molecular complexity index is 256. The summed E-state index contributed by atoms with van der Waals surface area (Å²) < 4.78 is 0. The maximum atomic E-state index is 12.4. The van der Waals surface area contributed by atoms with Crippen molar-refractivity contribution in [3.63, 3.8) is 0 Å². The number of hydrogen-bond donors (Lipinski definition) is 2. The summed E-state index contributed by atoms with van der Waals surface area (Å²) in [6.45, 7) is 2.36. The monoisotopic (exact) mass is 256 g/mol. The molecule has 18 heavy (non-hydrogen) atoms. The fraction of sp³-hybridized carbons (Fsp3) is 0.929. The first-order valence-electron chi connectivity index (χ1n) is 7.21. The molecule has 1 aliphatic carbocycles. The van der Waals surface area contributed by atoms with Gasteiger partial charge in [0.1, 0.15) is 0 Å². The van der Waals surface area contributed by atoms with Crippen LogP contribution in [0.2, 0.25) is 0 Å². The topological polar surface area (TPSA) is 66.6 Å². The van der Waals surface area contributed by atoms with E-state index in [9.17, 15) is 9.90 Å². The van der Waals surface area contributed by atoms with Crippen LogP contribution in [-0.2, 0) is 4.79 Å². The van der Waals surface area contributed by atoms with Crippen LogP contribution in [0.25, 0.3) is 0 Å². The fourth-order valence-corrected chi connectivity index (χ4v) is 2.59. The van der Waals surface area contributed by atoms with Crippen molar-refractivity contribution in [2.75, 3.05) is 13.6 Å². The van der Waals surface area contributed by atoms with Gasteiger partial charge in [0.25, 0.3) is 0 Å². The molecule has 0 radical (unpaired) electrons. The van der Waals surface area contributed by atoms with Crippen LogP contribution < -0.4 is 5.73 Å². The summed E-state index contributed by atoms with van der Waals surface area (Å²) in [7, 11) is 1.82. The Kier molecular flexibility index (Phi) is 6.65. The lowest BCUT2D eigenvalue weighted by Crippen LogP contribution is -2.43. The van der Waals surface area contributed by atoms with E-state index in [0.29, 0.717) is 13.0 Å². The van der Waals surface area contributed by atoms with E-state index in [1.165, 1.54) is 12.8 Å². The van der Waals surface area contributed by atoms with Crippen LogP contribution >= 0.6 is 0 Å². The van der Waals surface area contributed by atoms with Crippen molar-refractivity contribution in [2.45, 2.75) is 64.0 Å². The molecule has 0 aromatic carbocycles. The smallest absolute Gasteiger partial charge is 0.226 e. The average Bonchev–Trinajstić information content (AvgIpc) is 2.30. The summed E-state index contributed by atoms with van der Waals surface area (Å²) in [5.41, 5.74) is 6.15. The number of rotatable bonds is 4. The van der Waals surface area contributed by atoms with Gasteiger partial charge in [0.05, 0.1) is 12.0 Å². The number of nitrogens with two attached hydrogens (primary N) is 1. The second-order valence-electron chi connectivity index (χ2n) is 5.66. The lowest BCUT2D eigenvalue weighted by molar-refractivity contribution is -0.135. The highest BCUT2D eigenvalue weighted by Gasteiger charge is 2.28. The first-order valence-corrected chi connectivity index (χ1v) is 7.21. The van der Waals surface area contributed by atoms with Crippen LogP contribution in [0.15, 0.2) is 0 Å². The quantitative estimate of drug-likeness (QED) is 0.801. The number of amides is 1. The number of nitrogens with zero attached hydrogens (tertiary/aromatic N) is 1. The normalized spacial score (nSPS) is 27.1. The minimum atomic E-state index is -0.355. The highest BCUT2D eigenvalue weighted by molar-refractivity contribution is 5.79. The molecule has 0 bridgehead atoms. The molecule has 0 spiro atoms. The minimum Gasteiger partial charge on any atom is -0.393 e. The number of aliphatic hydroxyl groups is 1. The van der Waals surface area contributed by atoms with E-state index >= 15 is 0 Å². The van der Waals surface area contributed by atoms with Crippen LogP contribution in [0.3, 0.4) is 0 Å². The molecule has 3 N–H and O–H groups in total. The zero-order valence-corrected chi connectivity index (χ0v) is 11.8. The molecule has 0 heterocycles. The van der Waals surface area contributed by atoms with Crippen LogP contribution in [0, 0.1) is 5.92 Å². The summed E-state index contributed by atoms with van der Waals surface area (Å²) in [5.74, 6) is 0.134. The zero-order chi connectivity index (χ0) is 13.5. The predicted octanol–water partition coefficient (Wildman–Crippen LogP) is 1.51. The summed E-state index contributed by atoms with van der Waals surface area (Å²) in [6.07, 6.45) is 6.85. The first-order chi connectivity index (χ1) is 8.52. The van der Waals surface area contributed by atoms with E-state index < -0.39 is 0 Å². The summed E-state index contributed by atoms with van der Waals surface area (Å²) in [4.78, 5) is 14.1. The maximum absolute atomic E-state index is 12.4. The molecule has 1 fully saturated rings. The van der Waals surface area contributed by atoms with Crippen LogP contribution in [0.4, 0.5) is 0 Å². The van der Waals surface area contributed by atoms with Gasteiger partial charge in [-0.05, 0) is 26.2 Å². The van der Waals surface area contributed by atoms with Crippen molar-refractivity contribution < 1.29 is 9.90 Å². The first kappa shape index (κ1) is 15.4. The largest absolute Gasteiger partial charge is 0.393 e. The highest BCUT2D eigenvalue weighted by Crippen LogP contribution is 2.23. The Balaban J connectivity index is 2.50. The van der Waals surface area contributed by atoms with E-state index in [1.54, 1.807) is 11.8 Å². The van der Waals surface area contributed by atoms with Crippen molar-refractivity contribution in [3.8, 4) is 0 Å². The summed E-state index contributed by atoms with van der Waals surface area (Å²) in [5, 5.41) is 9.26. The summed E-state index contributed by atoms with van der Waals surface area (Å²) >= 11 is 0. The predicted molar refractivity (Wildman–Crippen MR) is 73.1 cm³/mol. The zero-order valence-electron chi connectivity index (χ0n) is 11.8. The van der Waals surface area contributed by atoms with E-state index in [4.69, 9.17) is 5.73 Å². The van der Waals surface area contributed by atoms with Gasteiger partial charge >= 0.3 is 0 Å². The van der Waals surface area contributed by atoms with Crippen molar-refractivity contribution in [1.82, 2.24) is 4.90 Å². The Morgan fingerprint density at radius 1 is 1.33 bits per heavy atom. The number of carbonyl (C=O) groups excluding carboxylic acids is 1. The van der Waals surface area contributed by atoms with Gasteiger partial charge in [-0.1, -0.05) is 25.7 Å². The molecule has 3 atom stereocenters. The van der Waals surface area contributed by atoms with Crippen LogP contribution in [0.5, 0.6) is 0 Å². The molecule has 0 aliphatic heterocycles. The second kappa shape index (κ2) is 7.74. The number of carbonyl (C=O) groups is 1. The lowest BCUT2D eigenvalue weighted by Gasteiger charge is -2.29. The third-order valence-corrected chi connectivity index (χ3v) is 3.90. The van der Waals surface area contributed by atoms with Gasteiger partial charge in [-0.15, -0.1) is 0 Å². The van der Waals surface area contributed by atoms with Gasteiger partial charge in [-0.25, -0.2) is 0 Å². The molecule has 106 valence electrons. The fourth-order valence-electron chi connectivity index (χ4n) is 2.59. The van der Waals surface area contributed by atoms with Gasteiger partial charge < -0.3 is 15.7 Å². The van der Waals surface area contributed by atoms with Crippen molar-refractivity contribution >= 4 is 5.91 Å². The van der Waals surface area contributed by atoms with Gasteiger partial charge in [-0.2, -0.15) is 0 Å². The van der Waals surface area contributed by atoms with Gasteiger partial charge in [0.2, 0.25) is 5.91 Å². The Morgan fingerprint density at radius 2 is 1.94 bits per heavy atom. The Morgan fingerprint density at radius 3 is 2.56 bits per heavy atom. The lowest BCUT2D eigenvalue weighted by atomic mass is 9.86. The third-order valence-electron chi connectivity index (χ3n) is 3.90. The SMILES string of the molecule is CC(O)CCN(C)C(=O)C1CCCCCCC1N. The molecule has 4 nitrogen and oxygen atoms in total.